The molecule has 0 radical (unpaired) electrons. The van der Waals surface area contributed by atoms with Gasteiger partial charge in [-0.3, -0.25) is 0 Å². The van der Waals surface area contributed by atoms with Gasteiger partial charge in [0.1, 0.15) is 0 Å². The van der Waals surface area contributed by atoms with Crippen LogP contribution in [0.3, 0.4) is 0 Å². The Bertz CT molecular complexity index is 689. The quantitative estimate of drug-likeness (QED) is 0.748. The van der Waals surface area contributed by atoms with E-state index in [1.54, 1.807) is 14.2 Å². The summed E-state index contributed by atoms with van der Waals surface area (Å²) in [7, 11) is 3.28. The number of hydrogen-bond donors (Lipinski definition) is 2. The maximum Gasteiger partial charge on any atom is 0.170 e. The number of aryl methyl sites for hydroxylation is 1. The number of para-hydroxylation sites is 1. The van der Waals surface area contributed by atoms with Crippen molar-refractivity contribution in [2.75, 3.05) is 26.1 Å². The van der Waals surface area contributed by atoms with Gasteiger partial charge in [0.2, 0.25) is 0 Å². The highest BCUT2D eigenvalue weighted by molar-refractivity contribution is 7.80. The number of thiocarbonyl (C=S) groups is 1. The first-order valence-electron chi connectivity index (χ1n) is 8.01. The fourth-order valence-corrected chi connectivity index (χ4v) is 2.69. The summed E-state index contributed by atoms with van der Waals surface area (Å²) in [6, 6.07) is 14.1. The molecule has 0 saturated carbocycles. The average molecular weight is 344 g/mol. The summed E-state index contributed by atoms with van der Waals surface area (Å²) in [5.41, 5.74) is 3.47. The van der Waals surface area contributed by atoms with Gasteiger partial charge in [-0.25, -0.2) is 0 Å². The molecule has 0 atom stereocenters. The van der Waals surface area contributed by atoms with Crippen LogP contribution < -0.4 is 20.1 Å². The van der Waals surface area contributed by atoms with Gasteiger partial charge in [0.05, 0.1) is 14.2 Å². The van der Waals surface area contributed by atoms with E-state index in [1.165, 1.54) is 5.56 Å². The van der Waals surface area contributed by atoms with Gasteiger partial charge >= 0.3 is 0 Å². The van der Waals surface area contributed by atoms with Crippen molar-refractivity contribution in [3.05, 3.63) is 53.6 Å². The summed E-state index contributed by atoms with van der Waals surface area (Å²) in [5, 5.41) is 7.14. The molecule has 0 saturated heterocycles. The van der Waals surface area contributed by atoms with E-state index in [2.05, 4.69) is 23.6 Å². The molecule has 0 aliphatic heterocycles. The molecule has 2 aromatic carbocycles. The van der Waals surface area contributed by atoms with E-state index >= 15 is 0 Å². The average Bonchev–Trinajstić information content (AvgIpc) is 2.62. The van der Waals surface area contributed by atoms with E-state index in [9.17, 15) is 0 Å². The fourth-order valence-electron chi connectivity index (χ4n) is 2.47. The van der Waals surface area contributed by atoms with E-state index in [0.717, 1.165) is 42.1 Å². The number of nitrogens with one attached hydrogen (secondary N) is 2. The predicted octanol–water partition coefficient (Wildman–Crippen LogP) is 3.80. The van der Waals surface area contributed by atoms with Crippen LogP contribution in [-0.4, -0.2) is 25.9 Å². The van der Waals surface area contributed by atoms with Crippen LogP contribution in [0.2, 0.25) is 0 Å². The molecule has 5 heteroatoms. The maximum atomic E-state index is 5.38. The van der Waals surface area contributed by atoms with Gasteiger partial charge in [-0.05, 0) is 54.4 Å². The van der Waals surface area contributed by atoms with Crippen LogP contribution in [-0.2, 0) is 12.8 Å². The second-order valence-electron chi connectivity index (χ2n) is 5.33. The van der Waals surface area contributed by atoms with Crippen LogP contribution in [0.5, 0.6) is 11.5 Å². The lowest BCUT2D eigenvalue weighted by molar-refractivity contribution is 0.354. The van der Waals surface area contributed by atoms with Crippen molar-refractivity contribution in [1.82, 2.24) is 5.32 Å². The van der Waals surface area contributed by atoms with Crippen LogP contribution in [0.15, 0.2) is 42.5 Å². The fraction of sp³-hybridized carbons (Fsp3) is 0.316. The molecule has 128 valence electrons. The molecule has 0 fully saturated rings. The number of benzene rings is 2. The van der Waals surface area contributed by atoms with Crippen molar-refractivity contribution in [2.45, 2.75) is 19.8 Å². The van der Waals surface area contributed by atoms with Crippen molar-refractivity contribution < 1.29 is 9.47 Å². The molecule has 0 aliphatic carbocycles. The van der Waals surface area contributed by atoms with Crippen LogP contribution in [0.4, 0.5) is 5.69 Å². The zero-order valence-corrected chi connectivity index (χ0v) is 15.2. The Morgan fingerprint density at radius 3 is 2.50 bits per heavy atom. The summed E-state index contributed by atoms with van der Waals surface area (Å²) in [5.74, 6) is 1.48. The van der Waals surface area contributed by atoms with Gasteiger partial charge in [-0.1, -0.05) is 31.2 Å². The molecule has 4 nitrogen and oxygen atoms in total. The monoisotopic (exact) mass is 344 g/mol. The van der Waals surface area contributed by atoms with Crippen LogP contribution in [0, 0.1) is 0 Å². The minimum absolute atomic E-state index is 0.636. The lowest BCUT2D eigenvalue weighted by Crippen LogP contribution is -2.30. The first-order chi connectivity index (χ1) is 11.7. The Morgan fingerprint density at radius 2 is 1.79 bits per heavy atom. The molecule has 0 aromatic heterocycles. The minimum Gasteiger partial charge on any atom is -0.493 e. The Kier molecular flexibility index (Phi) is 6.88. The van der Waals surface area contributed by atoms with E-state index in [4.69, 9.17) is 21.7 Å². The molecule has 0 amide bonds. The second-order valence-corrected chi connectivity index (χ2v) is 5.74. The normalized spacial score (nSPS) is 10.1. The molecule has 0 bridgehead atoms. The number of methoxy groups -OCH3 is 2. The van der Waals surface area contributed by atoms with Crippen molar-refractivity contribution in [3.8, 4) is 11.5 Å². The molecular weight excluding hydrogens is 320 g/mol. The van der Waals surface area contributed by atoms with Crippen molar-refractivity contribution >= 4 is 23.0 Å². The van der Waals surface area contributed by atoms with Gasteiger partial charge < -0.3 is 20.1 Å². The topological polar surface area (TPSA) is 42.5 Å². The predicted molar refractivity (Wildman–Crippen MR) is 103 cm³/mol. The third kappa shape index (κ3) is 4.86. The Balaban J connectivity index is 1.86. The summed E-state index contributed by atoms with van der Waals surface area (Å²) in [6.45, 7) is 2.88. The number of hydrogen-bond acceptors (Lipinski definition) is 3. The van der Waals surface area contributed by atoms with E-state index in [0.29, 0.717) is 5.11 Å². The van der Waals surface area contributed by atoms with E-state index in [-0.39, 0.29) is 0 Å². The highest BCUT2D eigenvalue weighted by Crippen LogP contribution is 2.27. The molecule has 0 heterocycles. The number of anilines is 1. The largest absolute Gasteiger partial charge is 0.493 e. The van der Waals surface area contributed by atoms with Gasteiger partial charge in [-0.2, -0.15) is 0 Å². The molecule has 2 rings (SSSR count). The molecule has 0 spiro atoms. The van der Waals surface area contributed by atoms with Gasteiger partial charge in [0.15, 0.2) is 16.6 Å². The van der Waals surface area contributed by atoms with Crippen LogP contribution in [0.25, 0.3) is 0 Å². The van der Waals surface area contributed by atoms with Crippen molar-refractivity contribution in [3.63, 3.8) is 0 Å². The first-order valence-corrected chi connectivity index (χ1v) is 8.42. The Morgan fingerprint density at radius 1 is 1.04 bits per heavy atom. The highest BCUT2D eigenvalue weighted by Gasteiger charge is 2.05. The SMILES string of the molecule is CCc1ccccc1NC(=S)NCCc1ccc(OC)c(OC)c1. The number of ether oxygens (including phenoxy) is 2. The van der Waals surface area contributed by atoms with Crippen molar-refractivity contribution in [1.29, 1.82) is 0 Å². The first kappa shape index (κ1) is 18.1. The lowest BCUT2D eigenvalue weighted by Gasteiger charge is -2.14. The second kappa shape index (κ2) is 9.13. The molecule has 2 aromatic rings. The lowest BCUT2D eigenvalue weighted by atomic mass is 10.1. The van der Waals surface area contributed by atoms with Crippen LogP contribution >= 0.6 is 12.2 Å². The van der Waals surface area contributed by atoms with Gasteiger partial charge in [0.25, 0.3) is 0 Å². The molecule has 2 N–H and O–H groups in total. The van der Waals surface area contributed by atoms with Crippen molar-refractivity contribution in [2.24, 2.45) is 0 Å². The highest BCUT2D eigenvalue weighted by atomic mass is 32.1. The summed E-state index contributed by atoms with van der Waals surface area (Å²) in [6.07, 6.45) is 1.81. The molecule has 0 unspecified atom stereocenters. The summed E-state index contributed by atoms with van der Waals surface area (Å²) >= 11 is 5.38. The van der Waals surface area contributed by atoms with Gasteiger partial charge in [0, 0.05) is 12.2 Å². The number of rotatable bonds is 7. The standard InChI is InChI=1S/C19H24N2O2S/c1-4-15-7-5-6-8-16(15)21-19(24)20-12-11-14-9-10-17(22-2)18(13-14)23-3/h5-10,13H,4,11-12H2,1-3H3,(H2,20,21,24). The smallest absolute Gasteiger partial charge is 0.170 e. The van der Waals surface area contributed by atoms with Gasteiger partial charge in [-0.15, -0.1) is 0 Å². The Labute approximate surface area is 149 Å². The maximum absolute atomic E-state index is 5.38. The molecule has 0 aliphatic rings. The van der Waals surface area contributed by atoms with E-state index in [1.807, 2.05) is 36.4 Å². The Hall–Kier alpha value is -2.27. The molecule has 24 heavy (non-hydrogen) atoms. The molecular formula is C19H24N2O2S. The zero-order chi connectivity index (χ0) is 17.4. The summed E-state index contributed by atoms with van der Waals surface area (Å²) in [4.78, 5) is 0. The third-order valence-corrected chi connectivity index (χ3v) is 4.04. The van der Waals surface area contributed by atoms with E-state index < -0.39 is 0 Å². The summed E-state index contributed by atoms with van der Waals surface area (Å²) < 4.78 is 10.6. The van der Waals surface area contributed by atoms with Crippen LogP contribution in [0.1, 0.15) is 18.1 Å². The third-order valence-electron chi connectivity index (χ3n) is 3.79. The zero-order valence-electron chi connectivity index (χ0n) is 14.4. The minimum atomic E-state index is 0.636.